The molecule has 0 aliphatic carbocycles. The first-order chi connectivity index (χ1) is 10.6. The van der Waals surface area contributed by atoms with Gasteiger partial charge >= 0.3 is 5.97 Å². The Kier molecular flexibility index (Phi) is 6.64. The zero-order valence-corrected chi connectivity index (χ0v) is 13.3. The molecule has 6 nitrogen and oxygen atoms in total. The van der Waals surface area contributed by atoms with E-state index in [0.29, 0.717) is 32.3 Å². The van der Waals surface area contributed by atoms with Gasteiger partial charge in [0.2, 0.25) is 5.91 Å². The summed E-state index contributed by atoms with van der Waals surface area (Å²) in [6.07, 6.45) is 5.30. The summed E-state index contributed by atoms with van der Waals surface area (Å²) in [4.78, 5) is 25.1. The number of amides is 1. The van der Waals surface area contributed by atoms with Crippen molar-refractivity contribution in [2.24, 2.45) is 0 Å². The zero-order chi connectivity index (χ0) is 15.9. The summed E-state index contributed by atoms with van der Waals surface area (Å²) in [5.74, 6) is -0.811. The normalized spacial score (nSPS) is 26.0. The second kappa shape index (κ2) is 8.48. The molecule has 0 aromatic carbocycles. The lowest BCUT2D eigenvalue weighted by atomic mass is 10.0. The van der Waals surface area contributed by atoms with Crippen LogP contribution in [0.25, 0.3) is 0 Å². The van der Waals surface area contributed by atoms with Gasteiger partial charge in [-0.1, -0.05) is 0 Å². The van der Waals surface area contributed by atoms with Gasteiger partial charge in [0.25, 0.3) is 0 Å². The van der Waals surface area contributed by atoms with Crippen molar-refractivity contribution in [3.63, 3.8) is 0 Å². The average molecular weight is 313 g/mol. The molecule has 0 aromatic heterocycles. The van der Waals surface area contributed by atoms with Crippen LogP contribution in [0.4, 0.5) is 0 Å². The van der Waals surface area contributed by atoms with Crippen molar-refractivity contribution in [3.05, 3.63) is 0 Å². The summed E-state index contributed by atoms with van der Waals surface area (Å²) in [5, 5.41) is 8.89. The molecule has 0 radical (unpaired) electrons. The second-order valence-corrected chi connectivity index (χ2v) is 6.26. The smallest absolute Gasteiger partial charge is 0.305 e. The highest BCUT2D eigenvalue weighted by Gasteiger charge is 2.28. The minimum atomic E-state index is -0.863. The molecule has 0 spiro atoms. The molecule has 2 aliphatic rings. The van der Waals surface area contributed by atoms with Gasteiger partial charge in [0.15, 0.2) is 0 Å². The van der Waals surface area contributed by atoms with Gasteiger partial charge in [0, 0.05) is 32.2 Å². The van der Waals surface area contributed by atoms with Crippen molar-refractivity contribution >= 4 is 11.9 Å². The van der Waals surface area contributed by atoms with Crippen LogP contribution in [0.3, 0.4) is 0 Å². The zero-order valence-electron chi connectivity index (χ0n) is 13.3. The fraction of sp³-hybridized carbons (Fsp3) is 0.875. The number of carboxylic acid groups (broad SMARTS) is 1. The highest BCUT2D eigenvalue weighted by molar-refractivity contribution is 5.77. The van der Waals surface area contributed by atoms with E-state index in [1.54, 1.807) is 4.90 Å². The van der Waals surface area contributed by atoms with E-state index in [9.17, 15) is 9.59 Å². The van der Waals surface area contributed by atoms with E-state index in [2.05, 4.69) is 6.92 Å². The quantitative estimate of drug-likeness (QED) is 0.776. The highest BCUT2D eigenvalue weighted by atomic mass is 16.5. The first-order valence-corrected chi connectivity index (χ1v) is 8.30. The Balaban J connectivity index is 1.85. The Labute approximate surface area is 131 Å². The second-order valence-electron chi connectivity index (χ2n) is 6.26. The molecule has 0 saturated carbocycles. The van der Waals surface area contributed by atoms with Crippen molar-refractivity contribution in [1.29, 1.82) is 0 Å². The molecule has 2 heterocycles. The number of aliphatic carboxylic acids is 1. The molecule has 0 aromatic rings. The van der Waals surface area contributed by atoms with E-state index < -0.39 is 5.97 Å². The maximum Gasteiger partial charge on any atom is 0.305 e. The molecule has 2 saturated heterocycles. The molecule has 1 amide bonds. The highest BCUT2D eigenvalue weighted by Crippen LogP contribution is 2.24. The molecular weight excluding hydrogens is 286 g/mol. The number of ether oxygens (including phenoxy) is 2. The fourth-order valence-electron chi connectivity index (χ4n) is 3.25. The Hall–Kier alpha value is -1.14. The van der Waals surface area contributed by atoms with Crippen LogP contribution in [-0.4, -0.2) is 59.9 Å². The van der Waals surface area contributed by atoms with E-state index in [4.69, 9.17) is 14.6 Å². The Morgan fingerprint density at radius 1 is 1.14 bits per heavy atom. The van der Waals surface area contributed by atoms with Gasteiger partial charge in [-0.15, -0.1) is 0 Å². The van der Waals surface area contributed by atoms with Gasteiger partial charge in [0.05, 0.1) is 18.6 Å². The van der Waals surface area contributed by atoms with Crippen LogP contribution >= 0.6 is 0 Å². The summed E-state index contributed by atoms with van der Waals surface area (Å²) in [6.45, 7) is 3.64. The lowest BCUT2D eigenvalue weighted by Gasteiger charge is -2.34. The minimum Gasteiger partial charge on any atom is -0.481 e. The van der Waals surface area contributed by atoms with Gasteiger partial charge in [0.1, 0.15) is 0 Å². The Morgan fingerprint density at radius 2 is 1.86 bits per heavy atom. The van der Waals surface area contributed by atoms with Crippen LogP contribution in [0.15, 0.2) is 0 Å². The van der Waals surface area contributed by atoms with Gasteiger partial charge < -0.3 is 19.5 Å². The molecule has 6 heteroatoms. The monoisotopic (exact) mass is 313 g/mol. The third-order valence-corrected chi connectivity index (χ3v) is 4.52. The molecule has 2 rings (SSSR count). The number of hydrogen-bond donors (Lipinski definition) is 1. The van der Waals surface area contributed by atoms with E-state index in [-0.39, 0.29) is 24.5 Å². The number of hydrogen-bond acceptors (Lipinski definition) is 4. The molecule has 1 N–H and O–H groups in total. The molecule has 22 heavy (non-hydrogen) atoms. The van der Waals surface area contributed by atoms with Crippen molar-refractivity contribution in [2.75, 3.05) is 19.8 Å². The third-order valence-electron chi connectivity index (χ3n) is 4.52. The Morgan fingerprint density at radius 3 is 2.45 bits per heavy atom. The van der Waals surface area contributed by atoms with E-state index >= 15 is 0 Å². The van der Waals surface area contributed by atoms with Crippen LogP contribution in [0.2, 0.25) is 0 Å². The molecule has 0 unspecified atom stereocenters. The lowest BCUT2D eigenvalue weighted by Crippen LogP contribution is -2.44. The maximum atomic E-state index is 12.5. The van der Waals surface area contributed by atoms with Gasteiger partial charge in [-0.2, -0.15) is 0 Å². The molecule has 2 fully saturated rings. The lowest BCUT2D eigenvalue weighted by molar-refractivity contribution is -0.140. The van der Waals surface area contributed by atoms with Crippen molar-refractivity contribution in [2.45, 2.75) is 70.1 Å². The Bertz CT molecular complexity index is 381. The SMILES string of the molecule is C[C@@H]1CC[C@H](CCC(=O)N(CCC(=O)O)C2CCOCC2)O1. The number of carbonyl (C=O) groups excluding carboxylic acids is 1. The third kappa shape index (κ3) is 5.25. The maximum absolute atomic E-state index is 12.5. The van der Waals surface area contributed by atoms with Crippen LogP contribution in [0.1, 0.15) is 51.9 Å². The molecule has 126 valence electrons. The summed E-state index contributed by atoms with van der Waals surface area (Å²) in [5.41, 5.74) is 0. The minimum absolute atomic E-state index is 0.0000593. The van der Waals surface area contributed by atoms with Gasteiger partial charge in [-0.3, -0.25) is 9.59 Å². The predicted molar refractivity (Wildman–Crippen MR) is 80.6 cm³/mol. The van der Waals surface area contributed by atoms with Crippen molar-refractivity contribution in [3.8, 4) is 0 Å². The molecular formula is C16H27NO5. The van der Waals surface area contributed by atoms with Crippen LogP contribution in [-0.2, 0) is 19.1 Å². The summed E-state index contributed by atoms with van der Waals surface area (Å²) >= 11 is 0. The largest absolute Gasteiger partial charge is 0.481 e. The van der Waals surface area contributed by atoms with Crippen LogP contribution < -0.4 is 0 Å². The topological polar surface area (TPSA) is 76.1 Å². The van der Waals surface area contributed by atoms with E-state index in [1.807, 2.05) is 0 Å². The number of carbonyl (C=O) groups is 2. The molecule has 0 bridgehead atoms. The van der Waals surface area contributed by atoms with E-state index in [1.165, 1.54) is 0 Å². The molecule has 2 atom stereocenters. The van der Waals surface area contributed by atoms with Crippen molar-refractivity contribution < 1.29 is 24.2 Å². The summed E-state index contributed by atoms with van der Waals surface area (Å²) < 4.78 is 11.1. The first-order valence-electron chi connectivity index (χ1n) is 8.30. The van der Waals surface area contributed by atoms with Gasteiger partial charge in [-0.25, -0.2) is 0 Å². The van der Waals surface area contributed by atoms with Crippen molar-refractivity contribution in [1.82, 2.24) is 4.90 Å². The van der Waals surface area contributed by atoms with Crippen LogP contribution in [0.5, 0.6) is 0 Å². The molecule has 2 aliphatic heterocycles. The predicted octanol–water partition coefficient (Wildman–Crippen LogP) is 1.82. The van der Waals surface area contributed by atoms with E-state index in [0.717, 1.165) is 32.1 Å². The summed E-state index contributed by atoms with van der Waals surface area (Å²) in [6, 6.07) is 0.115. The van der Waals surface area contributed by atoms with Gasteiger partial charge in [-0.05, 0) is 39.0 Å². The number of rotatable bonds is 7. The average Bonchev–Trinajstić information content (AvgIpc) is 2.92. The first kappa shape index (κ1) is 17.2. The summed E-state index contributed by atoms with van der Waals surface area (Å²) in [7, 11) is 0. The number of nitrogens with zero attached hydrogens (tertiary/aromatic N) is 1. The number of carboxylic acids is 1. The fourth-order valence-corrected chi connectivity index (χ4v) is 3.25. The van der Waals surface area contributed by atoms with Crippen LogP contribution in [0, 0.1) is 0 Å². The standard InChI is InChI=1S/C16H27NO5/c1-12-2-3-14(22-12)4-5-15(18)17(9-6-16(19)20)13-7-10-21-11-8-13/h12-14H,2-11H2,1H3,(H,19,20)/t12-,14-/m1/s1.